The van der Waals surface area contributed by atoms with E-state index in [9.17, 15) is 39.5 Å². The van der Waals surface area contributed by atoms with E-state index in [0.29, 0.717) is 22.9 Å². The molecule has 0 amide bonds. The van der Waals surface area contributed by atoms with Crippen molar-refractivity contribution in [2.24, 2.45) is 0 Å². The van der Waals surface area contributed by atoms with Crippen LogP contribution < -0.4 is 0 Å². The van der Waals surface area contributed by atoms with Crippen molar-refractivity contribution in [1.82, 2.24) is 0 Å². The Morgan fingerprint density at radius 1 is 0.586 bits per heavy atom. The second-order valence-corrected chi connectivity index (χ2v) is 8.19. The molecule has 2 bridgehead atoms. The molecule has 2 heterocycles. The van der Waals surface area contributed by atoms with E-state index in [0.717, 1.165) is 0 Å². The summed E-state index contributed by atoms with van der Waals surface area (Å²) in [6, 6.07) is 12.2. The number of halogens is 9. The highest BCUT2D eigenvalue weighted by Crippen LogP contribution is 2.66. The summed E-state index contributed by atoms with van der Waals surface area (Å²) in [5.74, 6) is -20.6. The van der Waals surface area contributed by atoms with E-state index in [-0.39, 0.29) is 11.1 Å². The smallest absolute Gasteiger partial charge is 0.198 e. The first-order chi connectivity index (χ1) is 13.3. The lowest BCUT2D eigenvalue weighted by atomic mass is 9.73. The Bertz CT molecular complexity index is 903. The SMILES string of the molecule is FC(F)(F)C(F)(F)C(F)(F)C(F)(F)[C@H]1SC2c3ccccc3C1c1ccccc12. The third kappa shape index (κ3) is 2.56. The fourth-order valence-corrected chi connectivity index (χ4v) is 5.74. The number of hydrogen-bond donors (Lipinski definition) is 0. The Hall–Kier alpha value is -1.84. The molecule has 1 aliphatic carbocycles. The second kappa shape index (κ2) is 6.09. The number of rotatable bonds is 3. The molecular formula is C19H11F9S. The minimum Gasteiger partial charge on any atom is -0.198 e. The maximum absolute atomic E-state index is 14.8. The van der Waals surface area contributed by atoms with E-state index in [2.05, 4.69) is 0 Å². The topological polar surface area (TPSA) is 0 Å². The Balaban J connectivity index is 1.87. The molecule has 10 heteroatoms. The zero-order valence-corrected chi connectivity index (χ0v) is 15.0. The van der Waals surface area contributed by atoms with Gasteiger partial charge >= 0.3 is 23.9 Å². The first-order valence-corrected chi connectivity index (χ1v) is 9.30. The van der Waals surface area contributed by atoms with Gasteiger partial charge in [-0.05, 0) is 22.3 Å². The molecule has 0 spiro atoms. The largest absolute Gasteiger partial charge is 0.460 e. The van der Waals surface area contributed by atoms with Gasteiger partial charge < -0.3 is 0 Å². The maximum Gasteiger partial charge on any atom is 0.460 e. The lowest BCUT2D eigenvalue weighted by Gasteiger charge is -2.49. The third-order valence-electron chi connectivity index (χ3n) is 5.34. The van der Waals surface area contributed by atoms with E-state index in [1.165, 1.54) is 24.3 Å². The molecule has 0 aromatic heterocycles. The average Bonchev–Trinajstić information content (AvgIpc) is 2.66. The molecule has 2 aromatic rings. The van der Waals surface area contributed by atoms with Crippen LogP contribution >= 0.6 is 11.8 Å². The Kier molecular flexibility index (Phi) is 4.29. The number of hydrogen-bond acceptors (Lipinski definition) is 1. The van der Waals surface area contributed by atoms with E-state index in [1.807, 2.05) is 0 Å². The van der Waals surface area contributed by atoms with Crippen molar-refractivity contribution in [1.29, 1.82) is 0 Å². The summed E-state index contributed by atoms with van der Waals surface area (Å²) >= 11 is 0.296. The second-order valence-electron chi connectivity index (χ2n) is 6.94. The zero-order chi connectivity index (χ0) is 21.4. The number of thioether (sulfide) groups is 1. The van der Waals surface area contributed by atoms with E-state index in [4.69, 9.17) is 0 Å². The minimum absolute atomic E-state index is 0.228. The molecule has 0 saturated heterocycles. The lowest BCUT2D eigenvalue weighted by Crippen LogP contribution is -2.65. The van der Waals surface area contributed by atoms with Gasteiger partial charge in [0.1, 0.15) is 0 Å². The van der Waals surface area contributed by atoms with Gasteiger partial charge in [-0.25, -0.2) is 0 Å². The van der Waals surface area contributed by atoms with Crippen LogP contribution in [0.5, 0.6) is 0 Å². The van der Waals surface area contributed by atoms with Crippen molar-refractivity contribution in [3.05, 3.63) is 70.8 Å². The minimum atomic E-state index is -6.89. The molecule has 0 N–H and O–H groups in total. The summed E-state index contributed by atoms with van der Waals surface area (Å²) in [7, 11) is 0. The van der Waals surface area contributed by atoms with Crippen LogP contribution in [0, 0.1) is 0 Å². The van der Waals surface area contributed by atoms with Gasteiger partial charge in [-0.2, -0.15) is 39.5 Å². The zero-order valence-electron chi connectivity index (χ0n) is 14.2. The molecule has 3 aliphatic rings. The van der Waals surface area contributed by atoms with Crippen molar-refractivity contribution in [2.45, 2.75) is 40.4 Å². The van der Waals surface area contributed by atoms with Crippen molar-refractivity contribution < 1.29 is 39.5 Å². The van der Waals surface area contributed by atoms with Crippen LogP contribution in [0.2, 0.25) is 0 Å². The van der Waals surface area contributed by atoms with Gasteiger partial charge in [0.15, 0.2) is 0 Å². The highest BCUT2D eigenvalue weighted by atomic mass is 32.2. The monoisotopic (exact) mass is 442 g/mol. The number of fused-ring (bicyclic) bond motifs is 1. The highest BCUT2D eigenvalue weighted by molar-refractivity contribution is 8.00. The molecule has 0 nitrogen and oxygen atoms in total. The predicted octanol–water partition coefficient (Wildman–Crippen LogP) is 6.80. The first-order valence-electron chi connectivity index (χ1n) is 8.35. The van der Waals surface area contributed by atoms with Gasteiger partial charge in [0, 0.05) is 5.92 Å². The van der Waals surface area contributed by atoms with E-state index >= 15 is 0 Å². The van der Waals surface area contributed by atoms with Crippen LogP contribution in [-0.2, 0) is 0 Å². The fourth-order valence-electron chi connectivity index (χ4n) is 3.96. The Labute approximate surface area is 163 Å². The highest BCUT2D eigenvalue weighted by Gasteiger charge is 2.83. The van der Waals surface area contributed by atoms with Crippen LogP contribution in [0.1, 0.15) is 33.4 Å². The molecule has 5 rings (SSSR count). The van der Waals surface area contributed by atoms with Crippen molar-refractivity contribution in [2.75, 3.05) is 0 Å². The van der Waals surface area contributed by atoms with Crippen LogP contribution in [0.4, 0.5) is 39.5 Å². The maximum atomic E-state index is 14.8. The third-order valence-corrected chi connectivity index (χ3v) is 6.98. The molecule has 2 aromatic carbocycles. The quantitative estimate of drug-likeness (QED) is 0.471. The summed E-state index contributed by atoms with van der Waals surface area (Å²) in [5.41, 5.74) is 1.56. The van der Waals surface area contributed by atoms with Crippen molar-refractivity contribution >= 4 is 11.8 Å². The van der Waals surface area contributed by atoms with Crippen LogP contribution in [0.3, 0.4) is 0 Å². The molecule has 2 aliphatic heterocycles. The van der Waals surface area contributed by atoms with Gasteiger partial charge in [-0.3, -0.25) is 0 Å². The average molecular weight is 442 g/mol. The molecular weight excluding hydrogens is 431 g/mol. The van der Waals surface area contributed by atoms with E-state index in [1.54, 1.807) is 24.3 Å². The summed E-state index contributed by atoms with van der Waals surface area (Å²) < 4.78 is 122. The molecule has 0 unspecified atom stereocenters. The van der Waals surface area contributed by atoms with Crippen LogP contribution in [0.25, 0.3) is 0 Å². The summed E-state index contributed by atoms with van der Waals surface area (Å²) in [5, 5.41) is -3.38. The summed E-state index contributed by atoms with van der Waals surface area (Å²) in [6.45, 7) is 0. The number of benzene rings is 2. The van der Waals surface area contributed by atoms with Crippen LogP contribution in [0.15, 0.2) is 48.5 Å². The van der Waals surface area contributed by atoms with Gasteiger partial charge in [0.05, 0.1) is 10.5 Å². The van der Waals surface area contributed by atoms with Gasteiger partial charge in [0.25, 0.3) is 0 Å². The molecule has 0 radical (unpaired) electrons. The first kappa shape index (κ1) is 20.4. The van der Waals surface area contributed by atoms with Crippen molar-refractivity contribution in [3.63, 3.8) is 0 Å². The Morgan fingerprint density at radius 3 is 1.41 bits per heavy atom. The normalized spacial score (nSPS) is 24.2. The standard InChI is InChI=1S/C19H11F9S/c20-16(21,17(22,23)18(24,25)19(26,27)28)15-13-9-5-1-3-7-11(9)14(29-15)12-8-4-2-6-10(12)13/h1-8,13-15H/t13?,14?,15-/m0/s1. The summed E-state index contributed by atoms with van der Waals surface area (Å²) in [4.78, 5) is 0. The molecule has 0 fully saturated rings. The van der Waals surface area contributed by atoms with Gasteiger partial charge in [0.2, 0.25) is 0 Å². The number of alkyl halides is 9. The summed E-state index contributed by atoms with van der Waals surface area (Å²) in [6.07, 6.45) is -6.83. The van der Waals surface area contributed by atoms with Crippen molar-refractivity contribution in [3.8, 4) is 0 Å². The predicted molar refractivity (Wildman–Crippen MR) is 88.8 cm³/mol. The Morgan fingerprint density at radius 2 is 1.00 bits per heavy atom. The fraction of sp³-hybridized carbons (Fsp3) is 0.368. The lowest BCUT2D eigenvalue weighted by molar-refractivity contribution is -0.396. The van der Waals surface area contributed by atoms with Gasteiger partial charge in [-0.1, -0.05) is 48.5 Å². The molecule has 1 atom stereocenters. The van der Waals surface area contributed by atoms with Crippen LogP contribution in [-0.4, -0.2) is 29.2 Å². The molecule has 156 valence electrons. The van der Waals surface area contributed by atoms with Gasteiger partial charge in [-0.15, -0.1) is 11.8 Å². The molecule has 0 saturated carbocycles. The molecule has 29 heavy (non-hydrogen) atoms. The van der Waals surface area contributed by atoms with E-state index < -0.39 is 40.4 Å².